The van der Waals surface area contributed by atoms with E-state index >= 15 is 0 Å². The molecule has 2 rings (SSSR count). The lowest BCUT2D eigenvalue weighted by molar-refractivity contribution is -0.145. The maximum atomic E-state index is 12.9. The molecule has 0 spiro atoms. The molecule has 0 aromatic heterocycles. The van der Waals surface area contributed by atoms with Crippen molar-refractivity contribution in [2.75, 3.05) is 20.2 Å². The van der Waals surface area contributed by atoms with Crippen molar-refractivity contribution in [3.8, 4) is 5.75 Å². The summed E-state index contributed by atoms with van der Waals surface area (Å²) in [7, 11) is 1.24. The minimum absolute atomic E-state index is 0.000160. The van der Waals surface area contributed by atoms with E-state index in [-0.39, 0.29) is 30.5 Å². The van der Waals surface area contributed by atoms with Gasteiger partial charge in [0.1, 0.15) is 17.8 Å². The molecule has 3 N–H and O–H groups in total. The second-order valence-corrected chi connectivity index (χ2v) is 11.5. The second-order valence-electron chi connectivity index (χ2n) is 11.5. The molecule has 3 amide bonds. The van der Waals surface area contributed by atoms with Crippen molar-refractivity contribution < 1.29 is 29.0 Å². The van der Waals surface area contributed by atoms with E-state index in [2.05, 4.69) is 17.6 Å². The Bertz CT molecular complexity index is 952. The van der Waals surface area contributed by atoms with Crippen LogP contribution in [0.15, 0.2) is 24.3 Å². The van der Waals surface area contributed by atoms with Gasteiger partial charge in [0.05, 0.1) is 13.7 Å². The average molecular weight is 588 g/mol. The number of hydrogen-bond acceptors (Lipinski definition) is 6. The molecule has 1 fully saturated rings. The van der Waals surface area contributed by atoms with Crippen molar-refractivity contribution in [1.82, 2.24) is 15.5 Å². The molecule has 236 valence electrons. The summed E-state index contributed by atoms with van der Waals surface area (Å²) in [5.41, 5.74) is 0.733. The van der Waals surface area contributed by atoms with E-state index in [1.807, 2.05) is 0 Å². The van der Waals surface area contributed by atoms with E-state index in [0.717, 1.165) is 31.2 Å². The quantitative estimate of drug-likeness (QED) is 0.134. The number of amides is 3. The number of rotatable bonds is 21. The first kappa shape index (κ1) is 35.1. The predicted molar refractivity (Wildman–Crippen MR) is 164 cm³/mol. The number of unbranched alkanes of at least 4 members (excludes halogenated alkanes) is 12. The van der Waals surface area contributed by atoms with Gasteiger partial charge in [-0.1, -0.05) is 96.1 Å². The lowest BCUT2D eigenvalue weighted by Crippen LogP contribution is -2.50. The van der Waals surface area contributed by atoms with Crippen molar-refractivity contribution in [3.05, 3.63) is 29.8 Å². The second kappa shape index (κ2) is 20.7. The Labute approximate surface area is 252 Å². The van der Waals surface area contributed by atoms with Gasteiger partial charge < -0.3 is 25.4 Å². The number of nitrogens with one attached hydrogen (secondary N) is 2. The van der Waals surface area contributed by atoms with Gasteiger partial charge in [0.25, 0.3) is 0 Å². The normalized spacial score (nSPS) is 15.3. The standard InChI is InChI=1S/C33H53N3O6/c1-3-4-5-6-7-8-9-10-11-12-13-14-15-18-31(39)36-23-16-17-29(36)32(40)34-25-30(38)35-28(33(41)42-2)24-26-19-21-27(37)22-20-26/h19-22,28-29,37H,3-18,23-25H2,1-2H3,(H,34,40)(H,35,38)/t28?,29-/m0/s1. The van der Waals surface area contributed by atoms with Gasteiger partial charge in [0.2, 0.25) is 17.7 Å². The van der Waals surface area contributed by atoms with Crippen molar-refractivity contribution >= 4 is 23.7 Å². The molecule has 1 aromatic rings. The molecular formula is C33H53N3O6. The van der Waals surface area contributed by atoms with Gasteiger partial charge in [0.15, 0.2) is 0 Å². The van der Waals surface area contributed by atoms with Gasteiger partial charge in [0, 0.05) is 19.4 Å². The molecule has 42 heavy (non-hydrogen) atoms. The number of aromatic hydroxyl groups is 1. The van der Waals surface area contributed by atoms with Crippen LogP contribution < -0.4 is 10.6 Å². The third-order valence-electron chi connectivity index (χ3n) is 7.99. The maximum Gasteiger partial charge on any atom is 0.328 e. The zero-order chi connectivity index (χ0) is 30.6. The summed E-state index contributed by atoms with van der Waals surface area (Å²) in [6.07, 6.45) is 18.2. The Balaban J connectivity index is 1.63. The van der Waals surface area contributed by atoms with E-state index < -0.39 is 24.0 Å². The van der Waals surface area contributed by atoms with Crippen LogP contribution in [0.25, 0.3) is 0 Å². The lowest BCUT2D eigenvalue weighted by Gasteiger charge is -2.24. The minimum Gasteiger partial charge on any atom is -0.508 e. The highest BCUT2D eigenvalue weighted by Crippen LogP contribution is 2.20. The van der Waals surface area contributed by atoms with Gasteiger partial charge in [-0.2, -0.15) is 0 Å². The summed E-state index contributed by atoms with van der Waals surface area (Å²) in [6, 6.07) is 4.80. The molecule has 1 aromatic carbocycles. The van der Waals surface area contributed by atoms with Crippen LogP contribution in [-0.2, 0) is 30.3 Å². The number of phenolic OH excluding ortho intramolecular Hbond substituents is 1. The van der Waals surface area contributed by atoms with E-state index in [9.17, 15) is 24.3 Å². The topological polar surface area (TPSA) is 125 Å². The Hall–Kier alpha value is -3.10. The Kier molecular flexibility index (Phi) is 17.3. The zero-order valence-electron chi connectivity index (χ0n) is 25.8. The Morgan fingerprint density at radius 1 is 0.905 bits per heavy atom. The number of benzene rings is 1. The molecule has 0 bridgehead atoms. The Morgan fingerprint density at radius 3 is 2.05 bits per heavy atom. The molecule has 2 atom stereocenters. The average Bonchev–Trinajstić information content (AvgIpc) is 3.49. The molecule has 1 aliphatic heterocycles. The zero-order valence-corrected chi connectivity index (χ0v) is 25.8. The van der Waals surface area contributed by atoms with Crippen molar-refractivity contribution in [2.45, 2.75) is 128 Å². The third-order valence-corrected chi connectivity index (χ3v) is 7.99. The molecule has 0 radical (unpaired) electrons. The van der Waals surface area contributed by atoms with Gasteiger partial charge in [-0.05, 0) is 37.0 Å². The van der Waals surface area contributed by atoms with E-state index in [1.54, 1.807) is 17.0 Å². The molecule has 1 unspecified atom stereocenters. The molecule has 1 heterocycles. The Morgan fingerprint density at radius 2 is 1.48 bits per heavy atom. The van der Waals surface area contributed by atoms with Crippen LogP contribution in [0, 0.1) is 0 Å². The minimum atomic E-state index is -0.936. The maximum absolute atomic E-state index is 12.9. The number of esters is 1. The molecule has 1 aliphatic rings. The summed E-state index contributed by atoms with van der Waals surface area (Å²) >= 11 is 0. The number of carbonyl (C=O) groups is 4. The van der Waals surface area contributed by atoms with Crippen LogP contribution >= 0.6 is 0 Å². The fraction of sp³-hybridized carbons (Fsp3) is 0.697. The number of likely N-dealkylation sites (tertiary alicyclic amines) is 1. The van der Waals surface area contributed by atoms with Crippen LogP contribution in [0.1, 0.15) is 115 Å². The van der Waals surface area contributed by atoms with Crippen LogP contribution in [0.3, 0.4) is 0 Å². The first-order chi connectivity index (χ1) is 20.3. The number of methoxy groups -OCH3 is 1. The monoisotopic (exact) mass is 587 g/mol. The smallest absolute Gasteiger partial charge is 0.328 e. The molecular weight excluding hydrogens is 534 g/mol. The van der Waals surface area contributed by atoms with Gasteiger partial charge in [-0.3, -0.25) is 14.4 Å². The van der Waals surface area contributed by atoms with Crippen molar-refractivity contribution in [1.29, 1.82) is 0 Å². The highest BCUT2D eigenvalue weighted by Gasteiger charge is 2.34. The summed E-state index contributed by atoms with van der Waals surface area (Å²) in [5, 5.41) is 14.7. The number of carbonyl (C=O) groups excluding carboxylic acids is 4. The SMILES string of the molecule is CCCCCCCCCCCCCCCC(=O)N1CCC[C@H]1C(=O)NCC(=O)NC(Cc1ccc(O)cc1)C(=O)OC. The summed E-state index contributed by atoms with van der Waals surface area (Å²) in [4.78, 5) is 52.1. The number of phenols is 1. The van der Waals surface area contributed by atoms with E-state index in [4.69, 9.17) is 4.74 Å². The van der Waals surface area contributed by atoms with Gasteiger partial charge >= 0.3 is 5.97 Å². The fourth-order valence-electron chi connectivity index (χ4n) is 5.51. The lowest BCUT2D eigenvalue weighted by atomic mass is 10.0. The first-order valence-electron chi connectivity index (χ1n) is 16.1. The predicted octanol–water partition coefficient (Wildman–Crippen LogP) is 5.18. The van der Waals surface area contributed by atoms with Crippen molar-refractivity contribution in [3.63, 3.8) is 0 Å². The third kappa shape index (κ3) is 13.7. The van der Waals surface area contributed by atoms with Crippen LogP contribution in [0.5, 0.6) is 5.75 Å². The number of nitrogens with zero attached hydrogens (tertiary/aromatic N) is 1. The number of hydrogen-bond donors (Lipinski definition) is 3. The largest absolute Gasteiger partial charge is 0.508 e. The van der Waals surface area contributed by atoms with Gasteiger partial charge in [-0.25, -0.2) is 4.79 Å². The van der Waals surface area contributed by atoms with E-state index in [0.29, 0.717) is 19.4 Å². The molecule has 0 aliphatic carbocycles. The number of ether oxygens (including phenoxy) is 1. The fourth-order valence-corrected chi connectivity index (χ4v) is 5.51. The van der Waals surface area contributed by atoms with E-state index in [1.165, 1.54) is 83.5 Å². The van der Waals surface area contributed by atoms with Gasteiger partial charge in [-0.15, -0.1) is 0 Å². The summed E-state index contributed by atoms with van der Waals surface area (Å²) < 4.78 is 4.81. The molecule has 9 heteroatoms. The molecule has 0 saturated carbocycles. The van der Waals surface area contributed by atoms with Crippen LogP contribution in [0.4, 0.5) is 0 Å². The highest BCUT2D eigenvalue weighted by atomic mass is 16.5. The molecule has 9 nitrogen and oxygen atoms in total. The van der Waals surface area contributed by atoms with Crippen LogP contribution in [0.2, 0.25) is 0 Å². The molecule has 1 saturated heterocycles. The van der Waals surface area contributed by atoms with Crippen LogP contribution in [-0.4, -0.2) is 66.0 Å². The van der Waals surface area contributed by atoms with Crippen molar-refractivity contribution in [2.24, 2.45) is 0 Å². The summed E-state index contributed by atoms with van der Waals surface area (Å²) in [6.45, 7) is 2.50. The summed E-state index contributed by atoms with van der Waals surface area (Å²) in [5.74, 6) is -1.39. The highest BCUT2D eigenvalue weighted by molar-refractivity contribution is 5.92. The first-order valence-corrected chi connectivity index (χ1v) is 16.1.